The molecule has 0 aliphatic rings. The van der Waals surface area contributed by atoms with Crippen LogP contribution in [0.3, 0.4) is 0 Å². The minimum absolute atomic E-state index is 0.0873. The third-order valence-corrected chi connectivity index (χ3v) is 1.08. The molecular formula is C8H18N2O3. The molecule has 0 rings (SSSR count). The molecule has 0 aromatic carbocycles. The molecule has 5 heteroatoms. The molecule has 0 bridgehead atoms. The Kier molecular flexibility index (Phi) is 5.41. The number of ether oxygens (including phenoxy) is 1. The number of hydrogen-bond donors (Lipinski definition) is 3. The van der Waals surface area contributed by atoms with E-state index in [2.05, 4.69) is 10.6 Å². The second-order valence-electron chi connectivity index (χ2n) is 3.59. The summed E-state index contributed by atoms with van der Waals surface area (Å²) in [6.45, 7) is 6.29. The van der Waals surface area contributed by atoms with E-state index in [9.17, 15) is 4.79 Å². The Balaban J connectivity index is 3.41. The van der Waals surface area contributed by atoms with Crippen LogP contribution in [0.25, 0.3) is 0 Å². The number of aliphatic hydroxyl groups excluding tert-OH is 1. The largest absolute Gasteiger partial charge is 0.444 e. The number of aliphatic hydroxyl groups is 1. The van der Waals surface area contributed by atoms with Crippen LogP contribution in [0.5, 0.6) is 0 Å². The van der Waals surface area contributed by atoms with Crippen molar-refractivity contribution >= 4 is 6.09 Å². The molecule has 0 atom stereocenters. The predicted octanol–water partition coefficient (Wildman–Crippen LogP) is 0.0505. The lowest BCUT2D eigenvalue weighted by atomic mass is 10.2. The number of carbonyl (C=O) groups excluding carboxylic acids is 1. The summed E-state index contributed by atoms with van der Waals surface area (Å²) in [7, 11) is 0. The van der Waals surface area contributed by atoms with E-state index >= 15 is 0 Å². The number of carbonyl (C=O) groups is 1. The van der Waals surface area contributed by atoms with Crippen LogP contribution in [-0.4, -0.2) is 36.6 Å². The lowest BCUT2D eigenvalue weighted by Crippen LogP contribution is -2.36. The van der Waals surface area contributed by atoms with Crippen molar-refractivity contribution in [3.8, 4) is 0 Å². The summed E-state index contributed by atoms with van der Waals surface area (Å²) in [6.07, 6.45) is -0.438. The van der Waals surface area contributed by atoms with Crippen LogP contribution in [0.4, 0.5) is 4.79 Å². The summed E-state index contributed by atoms with van der Waals surface area (Å²) in [5, 5.41) is 13.6. The molecule has 0 radical (unpaired) electrons. The first-order valence-electron chi connectivity index (χ1n) is 4.24. The Morgan fingerprint density at radius 1 is 1.38 bits per heavy atom. The van der Waals surface area contributed by atoms with E-state index in [1.54, 1.807) is 20.8 Å². The number of alkyl carbamates (subject to hydrolysis) is 1. The molecule has 0 aromatic rings. The van der Waals surface area contributed by atoms with Crippen molar-refractivity contribution in [1.82, 2.24) is 10.6 Å². The highest BCUT2D eigenvalue weighted by Gasteiger charge is 2.15. The molecule has 1 amide bonds. The highest BCUT2D eigenvalue weighted by Crippen LogP contribution is 2.05. The molecule has 0 spiro atoms. The molecule has 0 unspecified atom stereocenters. The van der Waals surface area contributed by atoms with E-state index in [-0.39, 0.29) is 6.73 Å². The Morgan fingerprint density at radius 3 is 2.46 bits per heavy atom. The van der Waals surface area contributed by atoms with Gasteiger partial charge in [0.05, 0.1) is 6.73 Å². The molecule has 0 fully saturated rings. The Labute approximate surface area is 78.5 Å². The second kappa shape index (κ2) is 5.77. The van der Waals surface area contributed by atoms with E-state index in [1.165, 1.54) is 0 Å². The fourth-order valence-corrected chi connectivity index (χ4v) is 0.646. The van der Waals surface area contributed by atoms with E-state index < -0.39 is 11.7 Å². The molecular weight excluding hydrogens is 172 g/mol. The highest BCUT2D eigenvalue weighted by molar-refractivity contribution is 5.67. The van der Waals surface area contributed by atoms with Gasteiger partial charge in [0.2, 0.25) is 0 Å². The van der Waals surface area contributed by atoms with Crippen LogP contribution in [0.1, 0.15) is 20.8 Å². The average molecular weight is 190 g/mol. The van der Waals surface area contributed by atoms with Gasteiger partial charge in [-0.2, -0.15) is 0 Å². The van der Waals surface area contributed by atoms with Crippen molar-refractivity contribution < 1.29 is 14.6 Å². The van der Waals surface area contributed by atoms with E-state index in [1.807, 2.05) is 0 Å². The third kappa shape index (κ3) is 9.10. The molecule has 0 aliphatic carbocycles. The minimum Gasteiger partial charge on any atom is -0.444 e. The van der Waals surface area contributed by atoms with Gasteiger partial charge >= 0.3 is 6.09 Å². The number of rotatable bonds is 4. The van der Waals surface area contributed by atoms with Gasteiger partial charge in [0.1, 0.15) is 5.60 Å². The Bertz CT molecular complexity index is 154. The quantitative estimate of drug-likeness (QED) is 0.433. The van der Waals surface area contributed by atoms with Gasteiger partial charge in [0, 0.05) is 13.1 Å². The molecule has 3 N–H and O–H groups in total. The Morgan fingerprint density at radius 2 is 2.00 bits per heavy atom. The number of amides is 1. The molecule has 5 nitrogen and oxygen atoms in total. The average Bonchev–Trinajstić information content (AvgIpc) is 1.94. The summed E-state index contributed by atoms with van der Waals surface area (Å²) < 4.78 is 4.98. The van der Waals surface area contributed by atoms with Gasteiger partial charge in [-0.3, -0.25) is 5.32 Å². The van der Waals surface area contributed by atoms with Gasteiger partial charge in [0.15, 0.2) is 0 Å². The van der Waals surface area contributed by atoms with Gasteiger partial charge in [-0.15, -0.1) is 0 Å². The standard InChI is InChI=1S/C8H18N2O3/c1-8(2,3)13-7(12)10-5-4-9-6-11/h9,11H,4-6H2,1-3H3,(H,10,12). The molecule has 13 heavy (non-hydrogen) atoms. The van der Waals surface area contributed by atoms with Gasteiger partial charge < -0.3 is 15.2 Å². The van der Waals surface area contributed by atoms with Crippen LogP contribution in [0.2, 0.25) is 0 Å². The molecule has 0 heterocycles. The third-order valence-electron chi connectivity index (χ3n) is 1.08. The van der Waals surface area contributed by atoms with Gasteiger partial charge in [-0.1, -0.05) is 0 Å². The summed E-state index contributed by atoms with van der Waals surface area (Å²) in [5.74, 6) is 0. The zero-order valence-corrected chi connectivity index (χ0v) is 8.39. The monoisotopic (exact) mass is 190 g/mol. The molecule has 0 aromatic heterocycles. The smallest absolute Gasteiger partial charge is 0.407 e. The van der Waals surface area contributed by atoms with Crippen LogP contribution in [-0.2, 0) is 4.74 Å². The highest BCUT2D eigenvalue weighted by atomic mass is 16.6. The van der Waals surface area contributed by atoms with Crippen LogP contribution in [0, 0.1) is 0 Å². The second-order valence-corrected chi connectivity index (χ2v) is 3.59. The molecule has 0 saturated carbocycles. The SMILES string of the molecule is CC(C)(C)OC(=O)NCCNCO. The first kappa shape index (κ1) is 12.2. The summed E-state index contributed by atoms with van der Waals surface area (Å²) in [5.41, 5.74) is -0.464. The van der Waals surface area contributed by atoms with Crippen LogP contribution >= 0.6 is 0 Å². The van der Waals surface area contributed by atoms with Crippen LogP contribution < -0.4 is 10.6 Å². The predicted molar refractivity (Wildman–Crippen MR) is 49.3 cm³/mol. The zero-order valence-electron chi connectivity index (χ0n) is 8.39. The van der Waals surface area contributed by atoms with E-state index in [0.717, 1.165) is 0 Å². The van der Waals surface area contributed by atoms with Crippen molar-refractivity contribution in [3.05, 3.63) is 0 Å². The summed E-state index contributed by atoms with van der Waals surface area (Å²) in [6, 6.07) is 0. The lowest BCUT2D eigenvalue weighted by molar-refractivity contribution is 0.0527. The maximum absolute atomic E-state index is 11.0. The number of nitrogens with one attached hydrogen (secondary N) is 2. The van der Waals surface area contributed by atoms with Gasteiger partial charge in [-0.05, 0) is 20.8 Å². The lowest BCUT2D eigenvalue weighted by Gasteiger charge is -2.19. The normalized spacial score (nSPS) is 11.1. The first-order valence-corrected chi connectivity index (χ1v) is 4.24. The van der Waals surface area contributed by atoms with Crippen molar-refractivity contribution in [2.75, 3.05) is 19.8 Å². The first-order chi connectivity index (χ1) is 5.95. The van der Waals surface area contributed by atoms with E-state index in [0.29, 0.717) is 13.1 Å². The van der Waals surface area contributed by atoms with Crippen LogP contribution in [0.15, 0.2) is 0 Å². The fraction of sp³-hybridized carbons (Fsp3) is 0.875. The summed E-state index contributed by atoms with van der Waals surface area (Å²) in [4.78, 5) is 11.0. The van der Waals surface area contributed by atoms with Crippen molar-refractivity contribution in [1.29, 1.82) is 0 Å². The Hall–Kier alpha value is -0.810. The summed E-state index contributed by atoms with van der Waals surface area (Å²) >= 11 is 0. The van der Waals surface area contributed by atoms with Crippen molar-refractivity contribution in [2.24, 2.45) is 0 Å². The fourth-order valence-electron chi connectivity index (χ4n) is 0.646. The van der Waals surface area contributed by atoms with Crippen molar-refractivity contribution in [2.45, 2.75) is 26.4 Å². The maximum Gasteiger partial charge on any atom is 0.407 e. The topological polar surface area (TPSA) is 70.6 Å². The van der Waals surface area contributed by atoms with Gasteiger partial charge in [-0.25, -0.2) is 4.79 Å². The molecule has 78 valence electrons. The van der Waals surface area contributed by atoms with Crippen molar-refractivity contribution in [3.63, 3.8) is 0 Å². The zero-order chi connectivity index (χ0) is 10.3. The van der Waals surface area contributed by atoms with E-state index in [4.69, 9.17) is 9.84 Å². The minimum atomic E-state index is -0.464. The molecule has 0 saturated heterocycles. The molecule has 0 aliphatic heterocycles. The van der Waals surface area contributed by atoms with Gasteiger partial charge in [0.25, 0.3) is 0 Å². The maximum atomic E-state index is 11.0. The number of hydrogen-bond acceptors (Lipinski definition) is 4.